The van der Waals surface area contributed by atoms with Crippen LogP contribution < -0.4 is 5.32 Å². The number of hydrogen-bond donors (Lipinski definition) is 1. The van der Waals surface area contributed by atoms with E-state index in [1.54, 1.807) is 6.07 Å². The molecule has 3 aromatic rings. The SMILES string of the molecule is CO/N=C(\CNC(=O)c1ccc(C2=NOC(c3cc(Cl)c(F)c(Cl)c3)(C(F)(F)F)C2)c2ccccc12)C(F)(F)F. The Balaban J connectivity index is 1.70. The molecular weight excluding hydrogens is 594 g/mol. The van der Waals surface area contributed by atoms with E-state index in [1.807, 2.05) is 0 Å². The van der Waals surface area contributed by atoms with Crippen molar-refractivity contribution in [1.29, 1.82) is 0 Å². The summed E-state index contributed by atoms with van der Waals surface area (Å²) in [6.07, 6.45) is -10.8. The Morgan fingerprint density at radius 3 is 2.27 bits per heavy atom. The Kier molecular flexibility index (Phi) is 7.92. The number of amides is 1. The first-order chi connectivity index (χ1) is 18.7. The number of carbonyl (C=O) groups is 1. The molecular formula is C25H16Cl2F7N3O3. The number of nitrogens with zero attached hydrogens (tertiary/aromatic N) is 2. The van der Waals surface area contributed by atoms with Crippen LogP contribution in [0.15, 0.2) is 58.8 Å². The fourth-order valence-electron chi connectivity index (χ4n) is 4.14. The van der Waals surface area contributed by atoms with Crippen molar-refractivity contribution in [1.82, 2.24) is 5.32 Å². The predicted molar refractivity (Wildman–Crippen MR) is 133 cm³/mol. The molecule has 3 aromatic carbocycles. The highest BCUT2D eigenvalue weighted by Gasteiger charge is 2.62. The lowest BCUT2D eigenvalue weighted by Gasteiger charge is -2.29. The number of halogens is 9. The molecule has 40 heavy (non-hydrogen) atoms. The molecule has 0 bridgehead atoms. The fraction of sp³-hybridized carbons (Fsp3) is 0.240. The third-order valence-electron chi connectivity index (χ3n) is 6.06. The maximum Gasteiger partial charge on any atom is 0.435 e. The molecule has 1 heterocycles. The largest absolute Gasteiger partial charge is 0.435 e. The minimum atomic E-state index is -5.04. The first-order valence-electron chi connectivity index (χ1n) is 11.1. The zero-order chi connectivity index (χ0) is 29.5. The van der Waals surface area contributed by atoms with Crippen molar-refractivity contribution in [3.05, 3.63) is 81.1 Å². The van der Waals surface area contributed by atoms with Gasteiger partial charge in [0.2, 0.25) is 0 Å². The van der Waals surface area contributed by atoms with Gasteiger partial charge in [-0.25, -0.2) is 4.39 Å². The summed E-state index contributed by atoms with van der Waals surface area (Å²) in [6, 6.07) is 10.1. The molecule has 1 aliphatic rings. The Morgan fingerprint density at radius 1 is 1.07 bits per heavy atom. The zero-order valence-corrected chi connectivity index (χ0v) is 21.6. The first kappa shape index (κ1) is 29.4. The third kappa shape index (κ3) is 5.39. The van der Waals surface area contributed by atoms with Gasteiger partial charge in [-0.1, -0.05) is 63.8 Å². The second-order valence-corrected chi connectivity index (χ2v) is 9.31. The van der Waals surface area contributed by atoms with Crippen molar-refractivity contribution in [3.8, 4) is 0 Å². The normalized spacial score (nSPS) is 17.9. The molecule has 0 saturated heterocycles. The third-order valence-corrected chi connectivity index (χ3v) is 6.61. The molecule has 4 rings (SSSR count). The van der Waals surface area contributed by atoms with E-state index in [9.17, 15) is 35.5 Å². The summed E-state index contributed by atoms with van der Waals surface area (Å²) in [6.45, 7) is -0.996. The van der Waals surface area contributed by atoms with Gasteiger partial charge in [0.15, 0.2) is 11.5 Å². The minimum Gasteiger partial charge on any atom is -0.399 e. The van der Waals surface area contributed by atoms with Crippen LogP contribution >= 0.6 is 23.2 Å². The fourth-order valence-corrected chi connectivity index (χ4v) is 4.63. The van der Waals surface area contributed by atoms with E-state index < -0.39 is 64.0 Å². The van der Waals surface area contributed by atoms with Gasteiger partial charge in [-0.15, -0.1) is 0 Å². The van der Waals surface area contributed by atoms with Gasteiger partial charge in [-0.3, -0.25) is 4.79 Å². The smallest absolute Gasteiger partial charge is 0.399 e. The summed E-state index contributed by atoms with van der Waals surface area (Å²) in [5.41, 5.74) is -5.06. The van der Waals surface area contributed by atoms with Gasteiger partial charge in [0.05, 0.1) is 22.3 Å². The van der Waals surface area contributed by atoms with E-state index in [1.165, 1.54) is 30.3 Å². The Labute approximate surface area is 231 Å². The van der Waals surface area contributed by atoms with Crippen molar-refractivity contribution in [2.24, 2.45) is 10.3 Å². The number of alkyl halides is 6. The molecule has 0 radical (unpaired) electrons. The molecule has 15 heteroatoms. The summed E-state index contributed by atoms with van der Waals surface area (Å²) >= 11 is 11.5. The van der Waals surface area contributed by atoms with Gasteiger partial charge in [-0.05, 0) is 29.0 Å². The average molecular weight is 610 g/mol. The number of benzene rings is 3. The Bertz CT molecular complexity index is 1520. The van der Waals surface area contributed by atoms with Crippen molar-refractivity contribution >= 4 is 51.3 Å². The molecule has 0 saturated carbocycles. The second-order valence-electron chi connectivity index (χ2n) is 8.49. The molecule has 0 aromatic heterocycles. The zero-order valence-electron chi connectivity index (χ0n) is 20.1. The van der Waals surface area contributed by atoms with Crippen LogP contribution in [-0.4, -0.2) is 43.3 Å². The topological polar surface area (TPSA) is 72.3 Å². The maximum atomic E-state index is 14.4. The van der Waals surface area contributed by atoms with Gasteiger partial charge in [-0.2, -0.15) is 26.3 Å². The lowest BCUT2D eigenvalue weighted by molar-refractivity contribution is -0.275. The van der Waals surface area contributed by atoms with Crippen LogP contribution in [0.5, 0.6) is 0 Å². The number of hydrogen-bond acceptors (Lipinski definition) is 5. The highest BCUT2D eigenvalue weighted by atomic mass is 35.5. The first-order valence-corrected chi connectivity index (χ1v) is 11.9. The van der Waals surface area contributed by atoms with Crippen LogP contribution in [0.3, 0.4) is 0 Å². The molecule has 1 unspecified atom stereocenters. The number of nitrogens with one attached hydrogen (secondary N) is 1. The molecule has 1 atom stereocenters. The van der Waals surface area contributed by atoms with Crippen molar-refractivity contribution in [3.63, 3.8) is 0 Å². The standard InChI is InChI=1S/C25H16Cl2F7N3O3/c1-39-37-20(24(29,30)31)11-35-22(38)16-7-6-15(13-4-2-3-5-14(13)16)19-10-23(40-36-19,25(32,33)34)12-8-17(26)21(28)18(27)9-12/h2-9H,10-11H2,1H3,(H,35,38)/b37-20+. The van der Waals surface area contributed by atoms with E-state index in [2.05, 4.69) is 20.5 Å². The Hall–Kier alpha value is -3.58. The molecule has 0 aliphatic carbocycles. The Morgan fingerprint density at radius 2 is 1.70 bits per heavy atom. The quantitative estimate of drug-likeness (QED) is 0.139. The summed E-state index contributed by atoms with van der Waals surface area (Å²) < 4.78 is 96.3. The molecule has 0 fully saturated rings. The number of oxime groups is 2. The van der Waals surface area contributed by atoms with Gasteiger partial charge in [0.1, 0.15) is 7.11 Å². The highest BCUT2D eigenvalue weighted by molar-refractivity contribution is 6.35. The van der Waals surface area contributed by atoms with Crippen LogP contribution in [0, 0.1) is 5.82 Å². The lowest BCUT2D eigenvalue weighted by atomic mass is 9.85. The van der Waals surface area contributed by atoms with E-state index >= 15 is 0 Å². The summed E-state index contributed by atoms with van der Waals surface area (Å²) in [5, 5.41) is 7.87. The summed E-state index contributed by atoms with van der Waals surface area (Å²) in [5.74, 6) is -2.00. The van der Waals surface area contributed by atoms with Gasteiger partial charge < -0.3 is 15.0 Å². The maximum absolute atomic E-state index is 14.4. The van der Waals surface area contributed by atoms with Crippen LogP contribution in [-0.2, 0) is 15.3 Å². The highest BCUT2D eigenvalue weighted by Crippen LogP contribution is 2.50. The van der Waals surface area contributed by atoms with Gasteiger partial charge >= 0.3 is 12.4 Å². The number of carbonyl (C=O) groups excluding carboxylic acids is 1. The second kappa shape index (κ2) is 10.8. The number of fused-ring (bicyclic) bond motifs is 1. The molecule has 1 amide bonds. The van der Waals surface area contributed by atoms with Crippen molar-refractivity contribution < 1.29 is 45.2 Å². The van der Waals surface area contributed by atoms with Crippen LogP contribution in [0.25, 0.3) is 10.8 Å². The minimum absolute atomic E-state index is 0.0583. The average Bonchev–Trinajstić information content (AvgIpc) is 3.35. The van der Waals surface area contributed by atoms with E-state index in [0.717, 1.165) is 19.2 Å². The molecule has 1 N–H and O–H groups in total. The summed E-state index contributed by atoms with van der Waals surface area (Å²) in [7, 11) is 0.919. The van der Waals surface area contributed by atoms with Crippen LogP contribution in [0.4, 0.5) is 30.7 Å². The molecule has 0 spiro atoms. The number of rotatable bonds is 6. The van der Waals surface area contributed by atoms with Crippen LogP contribution in [0.2, 0.25) is 10.0 Å². The predicted octanol–water partition coefficient (Wildman–Crippen LogP) is 7.16. The van der Waals surface area contributed by atoms with E-state index in [4.69, 9.17) is 28.0 Å². The van der Waals surface area contributed by atoms with Crippen molar-refractivity contribution in [2.75, 3.05) is 13.7 Å². The molecule has 1 aliphatic heterocycles. The van der Waals surface area contributed by atoms with E-state index in [0.29, 0.717) is 0 Å². The lowest BCUT2D eigenvalue weighted by Crippen LogP contribution is -2.42. The van der Waals surface area contributed by atoms with Gasteiger partial charge in [0.25, 0.3) is 11.5 Å². The van der Waals surface area contributed by atoms with E-state index in [-0.39, 0.29) is 27.6 Å². The molecule has 6 nitrogen and oxygen atoms in total. The van der Waals surface area contributed by atoms with Crippen LogP contribution in [0.1, 0.15) is 27.9 Å². The summed E-state index contributed by atoms with van der Waals surface area (Å²) in [4.78, 5) is 22.0. The van der Waals surface area contributed by atoms with Crippen molar-refractivity contribution in [2.45, 2.75) is 24.4 Å². The monoisotopic (exact) mass is 609 g/mol. The molecule has 212 valence electrons. The van der Waals surface area contributed by atoms with Gasteiger partial charge in [0, 0.05) is 23.1 Å².